The Labute approximate surface area is 826 Å². The van der Waals surface area contributed by atoms with Gasteiger partial charge in [0.2, 0.25) is 0 Å². The number of H-pyrrole nitrogens is 2. The molecular formula is C101H168B6N14O17. The van der Waals surface area contributed by atoms with E-state index in [0.29, 0.717) is 74.9 Å². The average Bonchev–Trinajstić information content (AvgIpc) is 1.65. The third-order valence-electron chi connectivity index (χ3n) is 21.8. The largest absolute Gasteiger partial charge is 0.546 e. The van der Waals surface area contributed by atoms with E-state index in [0.717, 1.165) is 63.5 Å². The fourth-order valence-corrected chi connectivity index (χ4v) is 13.4. The van der Waals surface area contributed by atoms with Crippen LogP contribution in [0.2, 0.25) is 0 Å². The molecule has 0 radical (unpaired) electrons. The van der Waals surface area contributed by atoms with Gasteiger partial charge in [0.05, 0.1) is 43.4 Å². The van der Waals surface area contributed by atoms with Crippen molar-refractivity contribution in [3.63, 3.8) is 0 Å². The summed E-state index contributed by atoms with van der Waals surface area (Å²) in [7, 11) is -4.11. The van der Waals surface area contributed by atoms with Gasteiger partial charge < -0.3 is 73.0 Å². The molecule has 1 unspecified atom stereocenters. The van der Waals surface area contributed by atoms with Crippen LogP contribution in [0.4, 0.5) is 0 Å². The molecule has 31 nitrogen and oxygen atoms in total. The molecule has 12 heterocycles. The van der Waals surface area contributed by atoms with Crippen molar-refractivity contribution in [3.8, 4) is 5.75 Å². The van der Waals surface area contributed by atoms with Gasteiger partial charge in [-0.1, -0.05) is 306 Å². The summed E-state index contributed by atoms with van der Waals surface area (Å²) < 4.78 is 42.1. The van der Waals surface area contributed by atoms with Crippen molar-refractivity contribution in [2.24, 2.45) is 37.1 Å². The van der Waals surface area contributed by atoms with E-state index in [1.54, 1.807) is 18.7 Å². The molecule has 0 spiro atoms. The molecule has 1 aliphatic carbocycles. The molecule has 3 aromatic carbocycles. The van der Waals surface area contributed by atoms with E-state index in [2.05, 4.69) is 294 Å². The number of aliphatic imine (C=N–C) groups is 2. The topological polar surface area (TPSA) is 423 Å². The molecule has 0 amide bonds. The minimum atomic E-state index is -0.729. The maximum atomic E-state index is 11.2. The summed E-state index contributed by atoms with van der Waals surface area (Å²) in [5.74, 6) is 3.52. The van der Waals surface area contributed by atoms with Gasteiger partial charge in [0.1, 0.15) is 12.0 Å². The monoisotopic (exact) mass is 1920 g/mol. The second kappa shape index (κ2) is 50.7. The van der Waals surface area contributed by atoms with E-state index < -0.39 is 48.5 Å². The van der Waals surface area contributed by atoms with Crippen molar-refractivity contribution in [2.75, 3.05) is 26.0 Å². The molecule has 1 atom stereocenters. The zero-order valence-corrected chi connectivity index (χ0v) is 90.8. The number of aliphatic hydroxyl groups is 1. The van der Waals surface area contributed by atoms with Gasteiger partial charge in [-0.15, -0.1) is 10.2 Å². The molecule has 762 valence electrons. The number of aromatic amines is 2. The number of rotatable bonds is 0. The van der Waals surface area contributed by atoms with E-state index in [-0.39, 0.29) is 82.7 Å². The summed E-state index contributed by atoms with van der Waals surface area (Å²) >= 11 is 0. The number of fused-ring (bicyclic) bond motifs is 3. The van der Waals surface area contributed by atoms with Crippen molar-refractivity contribution >= 4 is 71.0 Å². The van der Waals surface area contributed by atoms with Crippen LogP contribution in [0.3, 0.4) is 0 Å². The van der Waals surface area contributed by atoms with Crippen molar-refractivity contribution in [1.29, 1.82) is 0 Å². The predicted octanol–water partition coefficient (Wildman–Crippen LogP) is 16.3. The molecule has 9 aliphatic rings. The lowest BCUT2D eigenvalue weighted by Gasteiger charge is -2.31. The number of nitrogens with zero attached hydrogens (tertiary/aromatic N) is 10. The summed E-state index contributed by atoms with van der Waals surface area (Å²) in [6.45, 7) is 84.1. The number of nitrogens with one attached hydrogen (secondary N) is 4. The summed E-state index contributed by atoms with van der Waals surface area (Å²) in [6.07, 6.45) is 20.7. The van der Waals surface area contributed by atoms with Crippen LogP contribution >= 0.6 is 0 Å². The number of hydrogen-bond donors (Lipinski definition) is 11. The molecule has 4 aromatic heterocycles. The minimum Gasteiger partial charge on any atom is -0.536 e. The standard InChI is InChI=1S/3C11H15BO2.C9H14O2.C8H13N.C7H13BO2.C7H14N2.C7H12N2.C7H11NO.C6H14BNO2.C6H12BNO2.C6H10N2O2.C5H10N4/c1-11(2,3)9-4-5-10-8(6-9)7-14-12(10)13;1-11(2,3)9-5-4-8-7-14-12(13)10(8)6-9;1-11(2,3)9-5-4-8-7-12(13)14-10(8)6-9;1-9(2,3)8-6(10)4-5-7(8)11;1-8(2,3)7-5-4-6-9-7;1-7(2,3)6-4-5-10-8(6)9;2*1-7(2,3)9-6-4-5-8-9;1-7(2,3)6-8-4-5-9-6;2*1-6(2,3)5-8-4-7(9)10-5;1-6(2,3)4-7-5(9)10-8-4;1-5(2,3)4-6-8-9-7-4/h3*4-6,13H,7H2,1-3H3;10H,4-5H2,1-3H3;4,6H,5H2,1-3H3;4,9H,5H2,1-3H3;4-5,8H,6H2,1-3H3;4-6H,1-3H3;4-5H,1-3H3;5,8-9H,4H2,1-3H3;9H,4H2,1-3H3;1-3H3,(H,7,8,9);1-3H3,(H,6,7,8,9). The zero-order valence-electron chi connectivity index (χ0n) is 90.8. The highest BCUT2D eigenvalue weighted by molar-refractivity contribution is 6.62. The molecular weight excluding hydrogens is 1750 g/mol. The van der Waals surface area contributed by atoms with Crippen molar-refractivity contribution < 1.29 is 76.9 Å². The molecule has 0 saturated carbocycles. The number of hydrazine groups is 1. The van der Waals surface area contributed by atoms with Crippen LogP contribution in [0, 0.1) is 27.1 Å². The van der Waals surface area contributed by atoms with Crippen molar-refractivity contribution in [1.82, 2.24) is 61.3 Å². The van der Waals surface area contributed by atoms with Gasteiger partial charge >= 0.3 is 48.5 Å². The van der Waals surface area contributed by atoms with E-state index in [4.69, 9.17) is 42.4 Å². The van der Waals surface area contributed by atoms with Gasteiger partial charge in [-0.25, -0.2) is 14.8 Å². The summed E-state index contributed by atoms with van der Waals surface area (Å²) in [6, 6.07) is 20.5. The highest BCUT2D eigenvalue weighted by atomic mass is 16.6. The lowest BCUT2D eigenvalue weighted by atomic mass is 9.66. The number of tetrazole rings is 1. The SMILES string of the molecule is CC(C)(C)C1=C(O)CCC1=O.CC(C)(C)C1=CCOB1O.CC(C)(C)C1=NC=CC1.CC(C)(C)C1=NCB(O)O1.CC(C)(C)C1NCB(O)O1.CC(C)(C)N1CC=CN1.CC(C)(C)c1ccc2c(c1)B(O)OC2.CC(C)(C)c1ccc2c(c1)COB2O.CC(C)(C)c1ccc2c(c1)OB(O)C2.CC(C)(C)c1ncco1.CC(C)(C)c1nn[nH]n1.CC(C)(C)c1noc(=O)[nH]1.CC(C)(C)n1cccn1. The lowest BCUT2D eigenvalue weighted by molar-refractivity contribution is -0.115. The first kappa shape index (κ1) is 121. The molecule has 16 rings (SSSR count). The number of carbonyl (C=O) groups is 1. The van der Waals surface area contributed by atoms with Crippen LogP contribution in [0.5, 0.6) is 5.75 Å². The number of Topliss-reactive ketones (excluding diaryl/α,β-unsaturated/α-hetero) is 1. The van der Waals surface area contributed by atoms with Gasteiger partial charge in [-0.05, 0) is 131 Å². The average molecular weight is 1920 g/mol. The van der Waals surface area contributed by atoms with Crippen LogP contribution in [-0.2, 0) is 85.6 Å². The summed E-state index contributed by atoms with van der Waals surface area (Å²) in [4.78, 5) is 36.4. The molecule has 8 aliphatic heterocycles. The highest BCUT2D eigenvalue weighted by Crippen LogP contribution is 2.37. The molecule has 138 heavy (non-hydrogen) atoms. The lowest BCUT2D eigenvalue weighted by Crippen LogP contribution is -2.45. The zero-order chi connectivity index (χ0) is 105. The fourth-order valence-electron chi connectivity index (χ4n) is 13.4. The minimum absolute atomic E-state index is 0.00694. The first-order chi connectivity index (χ1) is 62.9. The van der Waals surface area contributed by atoms with E-state index >= 15 is 0 Å². The number of carbonyl (C=O) groups excluding carboxylic acids is 1. The third-order valence-corrected chi connectivity index (χ3v) is 21.8. The Morgan fingerprint density at radius 1 is 0.536 bits per heavy atom. The molecule has 1 fully saturated rings. The summed E-state index contributed by atoms with van der Waals surface area (Å²) in [5.41, 5.74) is 15.8. The summed E-state index contributed by atoms with van der Waals surface area (Å²) in [5, 5.41) is 91.3. The number of aliphatic hydroxyl groups excluding tert-OH is 1. The van der Waals surface area contributed by atoms with E-state index in [1.807, 2.05) is 149 Å². The normalized spacial score (nSPS) is 16.8. The molecule has 1 saturated heterocycles. The predicted molar refractivity (Wildman–Crippen MR) is 559 cm³/mol. The van der Waals surface area contributed by atoms with Crippen LogP contribution in [0.1, 0.15) is 340 Å². The number of ketones is 1. The van der Waals surface area contributed by atoms with Gasteiger partial charge in [-0.2, -0.15) is 10.3 Å². The fraction of sp³-hybridized carbons (Fsp3) is 0.624. The third kappa shape index (κ3) is 42.1. The van der Waals surface area contributed by atoms with Crippen LogP contribution < -0.4 is 32.1 Å². The first-order valence-corrected chi connectivity index (χ1v) is 47.8. The highest BCUT2D eigenvalue weighted by Gasteiger charge is 2.39. The smallest absolute Gasteiger partial charge is 0.536 e. The Kier molecular flexibility index (Phi) is 44.6. The second-order valence-corrected chi connectivity index (χ2v) is 48.4. The second-order valence-electron chi connectivity index (χ2n) is 48.4. The number of aromatic nitrogens is 9. The molecule has 0 bridgehead atoms. The number of allylic oxidation sites excluding steroid dienone is 4. The Hall–Kier alpha value is -8.83. The first-order valence-electron chi connectivity index (χ1n) is 47.8. The quantitative estimate of drug-likeness (QED) is 0.0628. The Bertz CT molecular complexity index is 5010. The number of benzene rings is 3. The van der Waals surface area contributed by atoms with Gasteiger partial charge in [-0.3, -0.25) is 34.3 Å². The Morgan fingerprint density at radius 3 is 1.44 bits per heavy atom. The van der Waals surface area contributed by atoms with Gasteiger partial charge in [0.15, 0.2) is 29.2 Å². The number of hydrogen-bond acceptors (Lipinski definition) is 28. The van der Waals surface area contributed by atoms with Crippen LogP contribution in [-0.4, -0.2) is 184 Å². The van der Waals surface area contributed by atoms with Gasteiger partial charge in [0, 0.05) is 119 Å². The molecule has 37 heteroatoms. The van der Waals surface area contributed by atoms with E-state index in [9.17, 15) is 34.8 Å². The maximum Gasteiger partial charge on any atom is 0.546 e. The van der Waals surface area contributed by atoms with Gasteiger partial charge in [0.25, 0.3) is 0 Å². The molecule has 7 aromatic rings. The van der Waals surface area contributed by atoms with E-state index in [1.165, 1.54) is 22.4 Å². The Balaban J connectivity index is 0.000000313. The molecule has 11 N–H and O–H groups in total. The number of oxazole rings is 1. The maximum absolute atomic E-state index is 11.2. The van der Waals surface area contributed by atoms with Crippen LogP contribution in [0.15, 0.2) is 157 Å². The van der Waals surface area contributed by atoms with Crippen molar-refractivity contribution in [2.45, 2.75) is 359 Å². The Morgan fingerprint density at radius 2 is 1.12 bits per heavy atom. The van der Waals surface area contributed by atoms with Crippen molar-refractivity contribution in [3.05, 3.63) is 194 Å². The van der Waals surface area contributed by atoms with Crippen LogP contribution in [0.25, 0.3) is 0 Å².